The molecular weight excluding hydrogens is 525 g/mol. The molecule has 2 N–H and O–H groups in total. The molecule has 1 amide bonds. The number of benzene rings is 2. The van der Waals surface area contributed by atoms with E-state index in [-0.39, 0.29) is 29.6 Å². The summed E-state index contributed by atoms with van der Waals surface area (Å²) >= 11 is 0. The zero-order valence-corrected chi connectivity index (χ0v) is 22.0. The van der Waals surface area contributed by atoms with E-state index in [1.54, 1.807) is 24.1 Å². The third kappa shape index (κ3) is 3.83. The molecule has 40 heavy (non-hydrogen) atoms. The minimum atomic E-state index is -4.82. The van der Waals surface area contributed by atoms with Gasteiger partial charge in [0, 0.05) is 31.3 Å². The smallest absolute Gasteiger partial charge is 0.504 e. The number of likely N-dealkylation sites (N-methyl/N-ethyl adjacent to an activating group) is 1. The van der Waals surface area contributed by atoms with Crippen LogP contribution in [0.5, 0.6) is 17.2 Å². The average Bonchev–Trinajstić information content (AvgIpc) is 3.24. The molecule has 2 aliphatic carbocycles. The maximum Gasteiger partial charge on any atom is 0.573 e. The van der Waals surface area contributed by atoms with Crippen molar-refractivity contribution in [1.82, 2.24) is 9.80 Å². The Labute approximate surface area is 230 Å². The van der Waals surface area contributed by atoms with E-state index in [0.29, 0.717) is 50.1 Å². The van der Waals surface area contributed by atoms with E-state index in [1.165, 1.54) is 30.4 Å². The molecule has 212 valence electrons. The number of phenolic OH excluding ortho intramolecular Hbond substituents is 1. The molecule has 5 atom stereocenters. The Kier molecular flexibility index (Phi) is 6.19. The second kappa shape index (κ2) is 9.27. The first-order chi connectivity index (χ1) is 19.0. The number of aromatic hydroxyl groups is 1. The molecule has 2 fully saturated rings. The van der Waals surface area contributed by atoms with Crippen molar-refractivity contribution in [3.05, 3.63) is 71.8 Å². The fraction of sp³-hybridized carbons (Fsp3) is 0.433. The molecule has 2 aromatic carbocycles. The van der Waals surface area contributed by atoms with Gasteiger partial charge in [0.15, 0.2) is 11.5 Å². The number of hydrogen-bond acceptors (Lipinski definition) is 6. The van der Waals surface area contributed by atoms with Crippen LogP contribution in [0, 0.1) is 0 Å². The van der Waals surface area contributed by atoms with E-state index in [1.807, 2.05) is 12.1 Å². The van der Waals surface area contributed by atoms with Gasteiger partial charge in [-0.15, -0.1) is 19.8 Å². The number of rotatable bonds is 6. The lowest BCUT2D eigenvalue weighted by molar-refractivity contribution is -0.274. The van der Waals surface area contributed by atoms with E-state index in [2.05, 4.69) is 16.2 Å². The summed E-state index contributed by atoms with van der Waals surface area (Å²) in [4.78, 5) is 17.2. The van der Waals surface area contributed by atoms with Crippen LogP contribution in [0.4, 0.5) is 13.2 Å². The lowest BCUT2D eigenvalue weighted by atomic mass is 9.47. The molecule has 0 aromatic heterocycles. The minimum absolute atomic E-state index is 0.0532. The van der Waals surface area contributed by atoms with Crippen LogP contribution in [0.2, 0.25) is 0 Å². The Morgan fingerprint density at radius 2 is 2.10 bits per heavy atom. The van der Waals surface area contributed by atoms with Crippen LogP contribution in [-0.4, -0.2) is 76.2 Å². The topological polar surface area (TPSA) is 82.5 Å². The molecule has 7 nitrogen and oxygen atoms in total. The van der Waals surface area contributed by atoms with Crippen molar-refractivity contribution in [2.24, 2.45) is 0 Å². The highest BCUT2D eigenvalue weighted by Gasteiger charge is 2.74. The van der Waals surface area contributed by atoms with Gasteiger partial charge in [0.05, 0.1) is 11.5 Å². The Morgan fingerprint density at radius 1 is 1.30 bits per heavy atom. The normalized spacial score (nSPS) is 30.5. The van der Waals surface area contributed by atoms with Crippen molar-refractivity contribution in [2.75, 3.05) is 20.1 Å². The van der Waals surface area contributed by atoms with Crippen molar-refractivity contribution in [1.29, 1.82) is 0 Å². The molecule has 1 saturated carbocycles. The lowest BCUT2D eigenvalue weighted by Gasteiger charge is -2.66. The quantitative estimate of drug-likeness (QED) is 0.411. The summed E-state index contributed by atoms with van der Waals surface area (Å²) in [6, 6.07) is 8.06. The van der Waals surface area contributed by atoms with Crippen molar-refractivity contribution >= 4 is 12.0 Å². The third-order valence-corrected chi connectivity index (χ3v) is 9.25. The number of aliphatic hydroxyl groups is 1. The molecule has 1 saturated heterocycles. The van der Waals surface area contributed by atoms with Gasteiger partial charge in [-0.25, -0.2) is 0 Å². The highest BCUT2D eigenvalue weighted by atomic mass is 19.4. The summed E-state index contributed by atoms with van der Waals surface area (Å²) in [7, 11) is 1.65. The fourth-order valence-corrected chi connectivity index (χ4v) is 7.76. The summed E-state index contributed by atoms with van der Waals surface area (Å²) in [5.41, 5.74) is 0.101. The molecule has 2 aliphatic heterocycles. The van der Waals surface area contributed by atoms with E-state index < -0.39 is 23.4 Å². The second-order valence-electron chi connectivity index (χ2n) is 11.1. The van der Waals surface area contributed by atoms with Gasteiger partial charge in [0.2, 0.25) is 5.91 Å². The summed E-state index contributed by atoms with van der Waals surface area (Å²) in [6.45, 7) is 5.20. The molecule has 2 aromatic rings. The summed E-state index contributed by atoms with van der Waals surface area (Å²) in [6.07, 6.45) is 1.61. The van der Waals surface area contributed by atoms with Gasteiger partial charge in [0.1, 0.15) is 17.5 Å². The lowest BCUT2D eigenvalue weighted by Crippen LogP contribution is -2.81. The van der Waals surface area contributed by atoms with Crippen LogP contribution in [0.3, 0.4) is 0 Å². The first-order valence-electron chi connectivity index (χ1n) is 13.4. The highest BCUT2D eigenvalue weighted by molar-refractivity contribution is 5.92. The molecule has 10 heteroatoms. The molecule has 1 spiro atoms. The Bertz CT molecular complexity index is 1390. The number of piperidine rings is 1. The zero-order valence-electron chi connectivity index (χ0n) is 22.0. The van der Waals surface area contributed by atoms with E-state index in [9.17, 15) is 28.2 Å². The molecular formula is C30H31F3N2O5. The van der Waals surface area contributed by atoms with Gasteiger partial charge < -0.3 is 24.6 Å². The van der Waals surface area contributed by atoms with Gasteiger partial charge >= 0.3 is 6.36 Å². The van der Waals surface area contributed by atoms with Crippen LogP contribution in [0.15, 0.2) is 55.1 Å². The number of amides is 1. The largest absolute Gasteiger partial charge is 0.573 e. The average molecular weight is 557 g/mol. The Balaban J connectivity index is 1.35. The number of likely N-dealkylation sites (tertiary alicyclic amines) is 1. The summed E-state index contributed by atoms with van der Waals surface area (Å²) in [5, 5.41) is 23.6. The van der Waals surface area contributed by atoms with Crippen molar-refractivity contribution < 1.29 is 37.7 Å². The van der Waals surface area contributed by atoms with Crippen molar-refractivity contribution in [3.63, 3.8) is 0 Å². The number of phenols is 1. The first-order valence-corrected chi connectivity index (χ1v) is 13.4. The van der Waals surface area contributed by atoms with Crippen molar-refractivity contribution in [3.8, 4) is 17.2 Å². The molecule has 4 aliphatic rings. The second-order valence-corrected chi connectivity index (χ2v) is 11.1. The predicted molar refractivity (Wildman–Crippen MR) is 141 cm³/mol. The predicted octanol–water partition coefficient (Wildman–Crippen LogP) is 4.17. The van der Waals surface area contributed by atoms with E-state index >= 15 is 0 Å². The number of carbonyl (C=O) groups excluding carboxylic acids is 1. The standard InChI is InChI=1S/C30H31F3N2O5/c1-3-14-35-15-13-28-24-11-10-22(29(28,38)23(35)17-19-8-9-21(36)27(39-24)26(19)28)34(2)25(37)12-7-18-5-4-6-20(16-18)40-30(31,32)33/h3-9,12,16,22-24,36,38H,1,10-11,13-15,17H2,2H3/t22-,23-,24+,28-,29-/m1/s1. The first kappa shape index (κ1) is 26.7. The fourth-order valence-electron chi connectivity index (χ4n) is 7.76. The van der Waals surface area contributed by atoms with Gasteiger partial charge in [-0.2, -0.15) is 0 Å². The number of carbonyl (C=O) groups is 1. The van der Waals surface area contributed by atoms with Crippen LogP contribution >= 0.6 is 0 Å². The number of hydrogen-bond donors (Lipinski definition) is 2. The Morgan fingerprint density at radius 3 is 2.85 bits per heavy atom. The molecule has 0 unspecified atom stereocenters. The third-order valence-electron chi connectivity index (χ3n) is 9.25. The van der Waals surface area contributed by atoms with Gasteiger partial charge in [-0.3, -0.25) is 9.69 Å². The highest BCUT2D eigenvalue weighted by Crippen LogP contribution is 2.65. The Hall–Kier alpha value is -3.50. The van der Waals surface area contributed by atoms with Crippen LogP contribution in [-0.2, 0) is 16.6 Å². The van der Waals surface area contributed by atoms with Gasteiger partial charge in [-0.05, 0) is 67.6 Å². The maximum atomic E-state index is 13.5. The van der Waals surface area contributed by atoms with Crippen molar-refractivity contribution in [2.45, 2.75) is 61.2 Å². The molecule has 6 rings (SSSR count). The SMILES string of the molecule is C=CCN1CC[C@]23c4c5ccc(O)c4O[C@H]2CC[C@@H](N(C)C(=O)C=Cc2cccc(OC(F)(F)F)c2)[C@@]3(O)[C@H]1C5. The number of nitrogens with zero attached hydrogens (tertiary/aromatic N) is 2. The van der Waals surface area contributed by atoms with E-state index in [0.717, 1.165) is 11.1 Å². The summed E-state index contributed by atoms with van der Waals surface area (Å²) < 4.78 is 48.2. The van der Waals surface area contributed by atoms with Gasteiger partial charge in [0.25, 0.3) is 0 Å². The maximum absolute atomic E-state index is 13.5. The minimum Gasteiger partial charge on any atom is -0.504 e. The molecule has 2 bridgehead atoms. The van der Waals surface area contributed by atoms with Crippen LogP contribution in [0.1, 0.15) is 36.0 Å². The number of alkyl halides is 3. The summed E-state index contributed by atoms with van der Waals surface area (Å²) in [5.74, 6) is -0.271. The zero-order chi connectivity index (χ0) is 28.4. The number of ether oxygens (including phenoxy) is 2. The van der Waals surface area contributed by atoms with Crippen LogP contribution in [0.25, 0.3) is 6.08 Å². The van der Waals surface area contributed by atoms with Gasteiger partial charge in [-0.1, -0.05) is 24.3 Å². The van der Waals surface area contributed by atoms with E-state index in [4.69, 9.17) is 4.74 Å². The monoisotopic (exact) mass is 556 g/mol. The van der Waals surface area contributed by atoms with Crippen LogP contribution < -0.4 is 9.47 Å². The molecule has 0 radical (unpaired) electrons. The number of halogens is 3. The molecule has 2 heterocycles.